The van der Waals surface area contributed by atoms with Gasteiger partial charge in [0.1, 0.15) is 11.3 Å². The monoisotopic (exact) mass is 840 g/mol. The quantitative estimate of drug-likeness (QED) is 0.162. The Bertz CT molecular complexity index is 4280. The largest absolute Gasteiger partial charge is 0.454 e. The van der Waals surface area contributed by atoms with E-state index in [0.717, 1.165) is 93.4 Å². The smallest absolute Gasteiger partial charge is 0.166 e. The van der Waals surface area contributed by atoms with Gasteiger partial charge in [0.2, 0.25) is 0 Å². The van der Waals surface area contributed by atoms with E-state index >= 15 is 0 Å². The molecule has 0 unspecified atom stereocenters. The summed E-state index contributed by atoms with van der Waals surface area (Å²) in [6, 6.07) is 77.4. The lowest BCUT2D eigenvalue weighted by Crippen LogP contribution is -2.04. The third kappa shape index (κ3) is 5.57. The second kappa shape index (κ2) is 14.3. The van der Waals surface area contributed by atoms with Crippen LogP contribution < -0.4 is 0 Å². The minimum absolute atomic E-state index is 0.549. The Labute approximate surface area is 378 Å². The predicted molar refractivity (Wildman–Crippen MR) is 273 cm³/mol. The topological polar surface area (TPSA) is 56.7 Å². The number of hydrogen-bond donors (Lipinski definition) is 0. The number of nitrogens with zero attached hydrogens (tertiary/aromatic N) is 4. The maximum Gasteiger partial charge on any atom is 0.166 e. The molecule has 3 heterocycles. The molecular formula is C61H36N4O. The molecule has 0 bridgehead atoms. The van der Waals surface area contributed by atoms with E-state index in [1.165, 1.54) is 26.9 Å². The molecule has 0 atom stereocenters. The molecule has 0 aliphatic rings. The van der Waals surface area contributed by atoms with E-state index in [4.69, 9.17) is 19.4 Å². The molecule has 0 saturated heterocycles. The maximum atomic E-state index is 7.04. The van der Waals surface area contributed by atoms with Gasteiger partial charge in [0.05, 0.1) is 11.0 Å². The van der Waals surface area contributed by atoms with Crippen LogP contribution in [0.5, 0.6) is 0 Å². The first-order valence-corrected chi connectivity index (χ1v) is 22.3. The summed E-state index contributed by atoms with van der Waals surface area (Å²) in [5, 5.41) is 13.7. The first-order chi connectivity index (χ1) is 32.7. The van der Waals surface area contributed by atoms with Crippen LogP contribution in [0.2, 0.25) is 0 Å². The van der Waals surface area contributed by atoms with Gasteiger partial charge >= 0.3 is 0 Å². The van der Waals surface area contributed by atoms with E-state index in [2.05, 4.69) is 211 Å². The van der Waals surface area contributed by atoms with Crippen molar-refractivity contribution in [1.29, 1.82) is 0 Å². The van der Waals surface area contributed by atoms with Crippen molar-refractivity contribution in [3.05, 3.63) is 218 Å². The lowest BCUT2D eigenvalue weighted by molar-refractivity contribution is 0.666. The van der Waals surface area contributed by atoms with E-state index in [0.29, 0.717) is 17.5 Å². The van der Waals surface area contributed by atoms with E-state index in [1.54, 1.807) is 0 Å². The average Bonchev–Trinajstić information content (AvgIpc) is 3.93. The molecule has 5 nitrogen and oxygen atoms in total. The lowest BCUT2D eigenvalue weighted by atomic mass is 9.96. The van der Waals surface area contributed by atoms with Crippen LogP contribution in [0.4, 0.5) is 0 Å². The van der Waals surface area contributed by atoms with Gasteiger partial charge in [0.25, 0.3) is 0 Å². The summed E-state index contributed by atoms with van der Waals surface area (Å²) in [5.41, 5.74) is 9.54. The molecule has 0 radical (unpaired) electrons. The van der Waals surface area contributed by atoms with Crippen molar-refractivity contribution in [3.8, 4) is 51.0 Å². The highest BCUT2D eigenvalue weighted by atomic mass is 16.3. The van der Waals surface area contributed by atoms with E-state index < -0.39 is 0 Å². The maximum absolute atomic E-state index is 7.04. The molecule has 14 aromatic rings. The molecule has 0 amide bonds. The summed E-state index contributed by atoms with van der Waals surface area (Å²) in [4.78, 5) is 16.4. The molecule has 0 aliphatic heterocycles. The standard InChI is InChI=1S/C61H36N4O/c1-2-14-37(15-3-1)38-26-28-40(29-27-38)59-62-60(64-61(63-59)51-35-43-19-7-8-20-44(43)46-22-10-11-23-47(46)51)50-32-31-49-48-24-12-13-25-55(48)66-58(49)57(50)65-53-33-30-39-16-6-9-21-45(39)56(53)52-34-41-17-4-5-18-42(41)36-54(52)65/h1-36H. The fourth-order valence-electron chi connectivity index (χ4n) is 10.3. The molecular weight excluding hydrogens is 805 g/mol. The minimum atomic E-state index is 0.549. The second-order valence-electron chi connectivity index (χ2n) is 17.1. The number of rotatable bonds is 5. The Morgan fingerprint density at radius 1 is 0.318 bits per heavy atom. The summed E-state index contributed by atoms with van der Waals surface area (Å²) in [6.07, 6.45) is 0. The van der Waals surface area contributed by atoms with Crippen molar-refractivity contribution < 1.29 is 4.42 Å². The molecule has 3 aromatic heterocycles. The van der Waals surface area contributed by atoms with Gasteiger partial charge in [-0.05, 0) is 96.7 Å². The van der Waals surface area contributed by atoms with Crippen LogP contribution in [-0.2, 0) is 0 Å². The Morgan fingerprint density at radius 3 is 1.71 bits per heavy atom. The minimum Gasteiger partial charge on any atom is -0.454 e. The summed E-state index contributed by atoms with van der Waals surface area (Å²) in [6.45, 7) is 0. The van der Waals surface area contributed by atoms with Crippen molar-refractivity contribution in [1.82, 2.24) is 19.5 Å². The Hall–Kier alpha value is -8.93. The Morgan fingerprint density at radius 2 is 0.909 bits per heavy atom. The summed E-state index contributed by atoms with van der Waals surface area (Å²) < 4.78 is 9.44. The fourth-order valence-corrected chi connectivity index (χ4v) is 10.3. The number of hydrogen-bond acceptors (Lipinski definition) is 4. The predicted octanol–water partition coefficient (Wildman–Crippen LogP) is 16.1. The SMILES string of the molecule is c1ccc(-c2ccc(-c3nc(-c4ccc5c(oc6ccccc65)c4-n4c5cc6ccccc6cc5c5c6ccccc6ccc54)nc(-c4cc5ccccc5c5ccccc45)n3)cc2)cc1. The molecule has 0 spiro atoms. The van der Waals surface area contributed by atoms with Gasteiger partial charge in [-0.25, -0.2) is 15.0 Å². The van der Waals surface area contributed by atoms with E-state index in [9.17, 15) is 0 Å². The summed E-state index contributed by atoms with van der Waals surface area (Å²) >= 11 is 0. The zero-order valence-corrected chi connectivity index (χ0v) is 35.5. The normalized spacial score (nSPS) is 11.9. The van der Waals surface area contributed by atoms with E-state index in [-0.39, 0.29) is 0 Å². The Kier molecular flexibility index (Phi) is 7.91. The zero-order chi connectivity index (χ0) is 43.3. The van der Waals surface area contributed by atoms with Crippen LogP contribution in [0.3, 0.4) is 0 Å². The Balaban J connectivity index is 1.11. The van der Waals surface area contributed by atoms with Crippen molar-refractivity contribution in [2.75, 3.05) is 0 Å². The van der Waals surface area contributed by atoms with E-state index in [1.807, 2.05) is 12.1 Å². The number of para-hydroxylation sites is 1. The third-order valence-electron chi connectivity index (χ3n) is 13.4. The van der Waals surface area contributed by atoms with Gasteiger partial charge in [-0.15, -0.1) is 0 Å². The van der Waals surface area contributed by atoms with Crippen molar-refractivity contribution >= 4 is 86.8 Å². The lowest BCUT2D eigenvalue weighted by Gasteiger charge is -2.16. The average molecular weight is 841 g/mol. The fraction of sp³-hybridized carbons (Fsp3) is 0. The zero-order valence-electron chi connectivity index (χ0n) is 35.5. The highest BCUT2D eigenvalue weighted by Crippen LogP contribution is 2.45. The van der Waals surface area contributed by atoms with Gasteiger partial charge in [0.15, 0.2) is 23.1 Å². The highest BCUT2D eigenvalue weighted by Gasteiger charge is 2.26. The second-order valence-corrected chi connectivity index (χ2v) is 17.1. The van der Waals surface area contributed by atoms with Crippen LogP contribution in [0.1, 0.15) is 0 Å². The molecule has 66 heavy (non-hydrogen) atoms. The summed E-state index contributed by atoms with van der Waals surface area (Å²) in [5.74, 6) is 1.73. The highest BCUT2D eigenvalue weighted by molar-refractivity contribution is 6.24. The molecule has 0 aliphatic carbocycles. The third-order valence-corrected chi connectivity index (χ3v) is 13.4. The van der Waals surface area contributed by atoms with Crippen molar-refractivity contribution in [3.63, 3.8) is 0 Å². The van der Waals surface area contributed by atoms with Gasteiger partial charge in [0, 0.05) is 38.2 Å². The van der Waals surface area contributed by atoms with Crippen molar-refractivity contribution in [2.45, 2.75) is 0 Å². The van der Waals surface area contributed by atoms with Crippen LogP contribution in [0.25, 0.3) is 138 Å². The number of aromatic nitrogens is 4. The van der Waals surface area contributed by atoms with Gasteiger partial charge < -0.3 is 8.98 Å². The molecule has 11 aromatic carbocycles. The molecule has 0 fully saturated rings. The molecule has 5 heteroatoms. The van der Waals surface area contributed by atoms with Crippen LogP contribution in [0.15, 0.2) is 223 Å². The van der Waals surface area contributed by atoms with Crippen molar-refractivity contribution in [2.24, 2.45) is 0 Å². The molecule has 14 rings (SSSR count). The molecule has 0 saturated carbocycles. The van der Waals surface area contributed by atoms with Crippen LogP contribution >= 0.6 is 0 Å². The van der Waals surface area contributed by atoms with Gasteiger partial charge in [-0.2, -0.15) is 0 Å². The first kappa shape index (κ1) is 36.5. The summed E-state index contributed by atoms with van der Waals surface area (Å²) in [7, 11) is 0. The van der Waals surface area contributed by atoms with Gasteiger partial charge in [-0.1, -0.05) is 176 Å². The number of furan rings is 1. The van der Waals surface area contributed by atoms with Crippen LogP contribution in [0, 0.1) is 0 Å². The molecule has 306 valence electrons. The van der Waals surface area contributed by atoms with Crippen LogP contribution in [-0.4, -0.2) is 19.5 Å². The van der Waals surface area contributed by atoms with Gasteiger partial charge in [-0.3, -0.25) is 0 Å². The molecule has 0 N–H and O–H groups in total. The number of fused-ring (bicyclic) bond motifs is 12. The number of benzene rings is 11. The first-order valence-electron chi connectivity index (χ1n) is 22.3.